The van der Waals surface area contributed by atoms with Crippen LogP contribution in [-0.4, -0.2) is 22.8 Å². The molecular weight excluding hydrogens is 311 g/mol. The Hall–Kier alpha value is -1.07. The standard InChI is InChI=1S/C15H16Cl2N2O2/c16-11-4-3-9(7-12(11)17)6-10-8-14(19-21-10)15(20)13-2-1-5-18-13/h3-4,7-8,13,15,18,20H,1-2,5-6H2/t13-,15-/m0/s1. The first-order valence-corrected chi connectivity index (χ1v) is 7.70. The second kappa shape index (κ2) is 6.36. The van der Waals surface area contributed by atoms with E-state index in [0.717, 1.165) is 24.9 Å². The minimum atomic E-state index is -0.626. The molecule has 2 heterocycles. The van der Waals surface area contributed by atoms with Crippen LogP contribution in [-0.2, 0) is 6.42 Å². The summed E-state index contributed by atoms with van der Waals surface area (Å²) in [6.45, 7) is 0.940. The fourth-order valence-electron chi connectivity index (χ4n) is 2.59. The number of aliphatic hydroxyl groups is 1. The Morgan fingerprint density at radius 2 is 2.19 bits per heavy atom. The molecule has 0 radical (unpaired) electrons. The van der Waals surface area contributed by atoms with Gasteiger partial charge < -0.3 is 14.9 Å². The summed E-state index contributed by atoms with van der Waals surface area (Å²) >= 11 is 11.9. The van der Waals surface area contributed by atoms with E-state index in [0.29, 0.717) is 27.9 Å². The topological polar surface area (TPSA) is 58.3 Å². The molecule has 1 aliphatic rings. The Kier molecular flexibility index (Phi) is 4.50. The van der Waals surface area contributed by atoms with Crippen LogP contribution in [0.2, 0.25) is 10.0 Å². The SMILES string of the molecule is O[C@H](c1cc(Cc2ccc(Cl)c(Cl)c2)on1)[C@@H]1CCCN1. The molecule has 0 bridgehead atoms. The lowest BCUT2D eigenvalue weighted by atomic mass is 10.1. The molecule has 0 saturated carbocycles. The molecule has 1 aromatic heterocycles. The van der Waals surface area contributed by atoms with Crippen LogP contribution in [0.5, 0.6) is 0 Å². The molecule has 0 amide bonds. The van der Waals surface area contributed by atoms with Crippen LogP contribution in [0.1, 0.15) is 36.0 Å². The maximum Gasteiger partial charge on any atom is 0.141 e. The zero-order valence-electron chi connectivity index (χ0n) is 11.4. The number of hydrogen-bond acceptors (Lipinski definition) is 4. The van der Waals surface area contributed by atoms with Crippen LogP contribution < -0.4 is 5.32 Å². The van der Waals surface area contributed by atoms with Crippen molar-refractivity contribution in [1.29, 1.82) is 0 Å². The van der Waals surface area contributed by atoms with E-state index in [1.807, 2.05) is 6.07 Å². The van der Waals surface area contributed by atoms with Gasteiger partial charge in [0.25, 0.3) is 0 Å². The predicted molar refractivity (Wildman–Crippen MR) is 81.8 cm³/mol. The molecule has 2 N–H and O–H groups in total. The van der Waals surface area contributed by atoms with Gasteiger partial charge in [0.2, 0.25) is 0 Å². The number of nitrogens with one attached hydrogen (secondary N) is 1. The summed E-state index contributed by atoms with van der Waals surface area (Å²) in [5.74, 6) is 0.695. The first-order valence-electron chi connectivity index (χ1n) is 6.94. The van der Waals surface area contributed by atoms with Crippen LogP contribution >= 0.6 is 23.2 Å². The molecule has 0 aliphatic carbocycles. The van der Waals surface area contributed by atoms with Gasteiger partial charge in [0.15, 0.2) is 0 Å². The molecule has 2 aromatic rings. The highest BCUT2D eigenvalue weighted by Crippen LogP contribution is 2.26. The van der Waals surface area contributed by atoms with Gasteiger partial charge in [-0.15, -0.1) is 0 Å². The van der Waals surface area contributed by atoms with E-state index >= 15 is 0 Å². The highest BCUT2D eigenvalue weighted by Gasteiger charge is 2.26. The van der Waals surface area contributed by atoms with Crippen LogP contribution in [0.15, 0.2) is 28.8 Å². The molecule has 0 spiro atoms. The lowest BCUT2D eigenvalue weighted by Crippen LogP contribution is -2.28. The van der Waals surface area contributed by atoms with Crippen molar-refractivity contribution in [1.82, 2.24) is 10.5 Å². The number of hydrogen-bond donors (Lipinski definition) is 2. The lowest BCUT2D eigenvalue weighted by molar-refractivity contribution is 0.128. The quantitative estimate of drug-likeness (QED) is 0.904. The Bertz CT molecular complexity index is 624. The van der Waals surface area contributed by atoms with Gasteiger partial charge >= 0.3 is 0 Å². The van der Waals surface area contributed by atoms with Crippen LogP contribution in [0, 0.1) is 0 Å². The Morgan fingerprint density at radius 3 is 2.90 bits per heavy atom. The summed E-state index contributed by atoms with van der Waals surface area (Å²) in [5, 5.41) is 18.5. The minimum Gasteiger partial charge on any atom is -0.385 e. The van der Waals surface area contributed by atoms with Gasteiger partial charge in [0.05, 0.1) is 10.0 Å². The monoisotopic (exact) mass is 326 g/mol. The van der Waals surface area contributed by atoms with Crippen LogP contribution in [0.25, 0.3) is 0 Å². The van der Waals surface area contributed by atoms with Gasteiger partial charge in [0.1, 0.15) is 17.6 Å². The maximum absolute atomic E-state index is 10.3. The fraction of sp³-hybridized carbons (Fsp3) is 0.400. The molecule has 112 valence electrons. The first-order chi connectivity index (χ1) is 10.1. The number of rotatable bonds is 4. The smallest absolute Gasteiger partial charge is 0.141 e. The molecule has 1 aliphatic heterocycles. The van der Waals surface area contributed by atoms with Crippen LogP contribution in [0.3, 0.4) is 0 Å². The second-order valence-corrected chi connectivity index (χ2v) is 6.11. The average molecular weight is 327 g/mol. The Morgan fingerprint density at radius 1 is 1.33 bits per heavy atom. The average Bonchev–Trinajstić information content (AvgIpc) is 3.13. The van der Waals surface area contributed by atoms with Crippen LogP contribution in [0.4, 0.5) is 0 Å². The van der Waals surface area contributed by atoms with Crippen molar-refractivity contribution in [3.63, 3.8) is 0 Å². The van der Waals surface area contributed by atoms with E-state index in [4.69, 9.17) is 27.7 Å². The summed E-state index contributed by atoms with van der Waals surface area (Å²) in [5.41, 5.74) is 1.56. The Balaban J connectivity index is 1.70. The predicted octanol–water partition coefficient (Wildman–Crippen LogP) is 3.36. The van der Waals surface area contributed by atoms with E-state index in [-0.39, 0.29) is 6.04 Å². The zero-order chi connectivity index (χ0) is 14.8. The van der Waals surface area contributed by atoms with Crippen molar-refractivity contribution < 1.29 is 9.63 Å². The molecule has 1 saturated heterocycles. The third-order valence-corrected chi connectivity index (χ3v) is 4.46. The van der Waals surface area contributed by atoms with Gasteiger partial charge in [-0.2, -0.15) is 0 Å². The van der Waals surface area contributed by atoms with E-state index in [9.17, 15) is 5.11 Å². The van der Waals surface area contributed by atoms with E-state index in [2.05, 4.69) is 10.5 Å². The van der Waals surface area contributed by atoms with Crippen molar-refractivity contribution in [2.75, 3.05) is 6.54 Å². The van der Waals surface area contributed by atoms with E-state index in [1.54, 1.807) is 18.2 Å². The van der Waals surface area contributed by atoms with Gasteiger partial charge in [-0.25, -0.2) is 0 Å². The Labute approximate surface area is 133 Å². The van der Waals surface area contributed by atoms with Gasteiger partial charge in [-0.3, -0.25) is 0 Å². The lowest BCUT2D eigenvalue weighted by Gasteiger charge is -2.14. The number of aliphatic hydroxyl groups excluding tert-OH is 1. The van der Waals surface area contributed by atoms with Crippen molar-refractivity contribution in [2.45, 2.75) is 31.4 Å². The molecule has 3 rings (SSSR count). The van der Waals surface area contributed by atoms with Crippen molar-refractivity contribution in [2.24, 2.45) is 0 Å². The van der Waals surface area contributed by atoms with Gasteiger partial charge in [0, 0.05) is 18.5 Å². The highest BCUT2D eigenvalue weighted by molar-refractivity contribution is 6.42. The van der Waals surface area contributed by atoms with Gasteiger partial charge in [-0.1, -0.05) is 34.4 Å². The number of halogens is 2. The van der Waals surface area contributed by atoms with Crippen molar-refractivity contribution >= 4 is 23.2 Å². The van der Waals surface area contributed by atoms with Crippen molar-refractivity contribution in [3.05, 3.63) is 51.3 Å². The summed E-state index contributed by atoms with van der Waals surface area (Å²) in [6.07, 6.45) is 1.97. The summed E-state index contributed by atoms with van der Waals surface area (Å²) < 4.78 is 5.31. The zero-order valence-corrected chi connectivity index (χ0v) is 12.9. The molecular formula is C15H16Cl2N2O2. The molecule has 2 atom stereocenters. The first kappa shape index (κ1) is 14.9. The number of aromatic nitrogens is 1. The highest BCUT2D eigenvalue weighted by atomic mass is 35.5. The van der Waals surface area contributed by atoms with Gasteiger partial charge in [-0.05, 0) is 37.1 Å². The second-order valence-electron chi connectivity index (χ2n) is 5.29. The molecule has 4 nitrogen and oxygen atoms in total. The minimum absolute atomic E-state index is 0.0629. The largest absolute Gasteiger partial charge is 0.385 e. The fourth-order valence-corrected chi connectivity index (χ4v) is 2.91. The third-order valence-electron chi connectivity index (χ3n) is 3.72. The summed E-state index contributed by atoms with van der Waals surface area (Å²) in [6, 6.07) is 7.32. The molecule has 6 heteroatoms. The van der Waals surface area contributed by atoms with E-state index in [1.165, 1.54) is 0 Å². The van der Waals surface area contributed by atoms with E-state index < -0.39 is 6.10 Å². The number of nitrogens with zero attached hydrogens (tertiary/aromatic N) is 1. The summed E-state index contributed by atoms with van der Waals surface area (Å²) in [7, 11) is 0. The molecule has 21 heavy (non-hydrogen) atoms. The number of benzene rings is 1. The normalized spacial score (nSPS) is 19.9. The third kappa shape index (κ3) is 3.40. The molecule has 1 aromatic carbocycles. The summed E-state index contributed by atoms with van der Waals surface area (Å²) in [4.78, 5) is 0. The molecule has 0 unspecified atom stereocenters. The maximum atomic E-state index is 10.3. The van der Waals surface area contributed by atoms with Crippen molar-refractivity contribution in [3.8, 4) is 0 Å². The molecule has 1 fully saturated rings.